The molecule has 0 aliphatic rings. The summed E-state index contributed by atoms with van der Waals surface area (Å²) in [5.74, 6) is -0.890. The van der Waals surface area contributed by atoms with Crippen LogP contribution in [0.5, 0.6) is 0 Å². The van der Waals surface area contributed by atoms with Gasteiger partial charge in [-0.2, -0.15) is 0 Å². The molecule has 1 unspecified atom stereocenters. The summed E-state index contributed by atoms with van der Waals surface area (Å²) in [4.78, 5) is 21.5. The molecule has 0 fully saturated rings. The quantitative estimate of drug-likeness (QED) is 0.617. The minimum Gasteiger partial charge on any atom is -0.481 e. The van der Waals surface area contributed by atoms with Crippen LogP contribution in [0.3, 0.4) is 0 Å². The van der Waals surface area contributed by atoms with Crippen molar-refractivity contribution in [1.82, 2.24) is 0 Å². The smallest absolute Gasteiger partial charge is 0.305 e. The lowest BCUT2D eigenvalue weighted by molar-refractivity contribution is -0.385. The van der Waals surface area contributed by atoms with E-state index in [4.69, 9.17) is 5.11 Å². The van der Waals surface area contributed by atoms with Crippen LogP contribution in [-0.2, 0) is 4.79 Å². The number of aryl methyl sites for hydroxylation is 1. The average molecular weight is 294 g/mol. The van der Waals surface area contributed by atoms with E-state index in [0.29, 0.717) is 17.7 Å². The molecule has 0 spiro atoms. The Labute approximate surface area is 124 Å². The highest BCUT2D eigenvalue weighted by Gasteiger charge is 2.22. The number of rotatable bonds is 6. The van der Waals surface area contributed by atoms with Crippen LogP contribution < -0.4 is 5.32 Å². The summed E-state index contributed by atoms with van der Waals surface area (Å²) < 4.78 is 0. The highest BCUT2D eigenvalue weighted by Crippen LogP contribution is 2.27. The van der Waals surface area contributed by atoms with E-state index in [1.54, 1.807) is 19.1 Å². The van der Waals surface area contributed by atoms with Crippen LogP contribution in [0.25, 0.3) is 0 Å². The maximum absolute atomic E-state index is 11.0. The number of nitrogens with zero attached hydrogens (tertiary/aromatic N) is 1. The maximum atomic E-state index is 11.0. The first-order chi connectivity index (χ1) is 9.58. The Hall–Kier alpha value is -2.11. The first-order valence-corrected chi connectivity index (χ1v) is 6.82. The minimum atomic E-state index is -0.890. The number of carboxylic acid groups (broad SMARTS) is 1. The van der Waals surface area contributed by atoms with Crippen molar-refractivity contribution >= 4 is 17.3 Å². The molecule has 0 radical (unpaired) electrons. The molecule has 0 saturated heterocycles. The van der Waals surface area contributed by atoms with Crippen LogP contribution in [0.4, 0.5) is 11.4 Å². The number of aliphatic carboxylic acids is 1. The molecule has 1 atom stereocenters. The summed E-state index contributed by atoms with van der Waals surface area (Å²) in [5, 5.41) is 23.1. The fourth-order valence-corrected chi connectivity index (χ4v) is 2.26. The third kappa shape index (κ3) is 5.81. The zero-order valence-corrected chi connectivity index (χ0v) is 12.8. The maximum Gasteiger partial charge on any atom is 0.305 e. The van der Waals surface area contributed by atoms with Crippen molar-refractivity contribution < 1.29 is 14.8 Å². The molecular weight excluding hydrogens is 272 g/mol. The summed E-state index contributed by atoms with van der Waals surface area (Å²) in [7, 11) is 0. The summed E-state index contributed by atoms with van der Waals surface area (Å²) in [6.07, 6.45) is 0.625. The van der Waals surface area contributed by atoms with Crippen LogP contribution in [0, 0.1) is 22.5 Å². The fourth-order valence-electron chi connectivity index (χ4n) is 2.26. The molecule has 1 aromatic carbocycles. The highest BCUT2D eigenvalue weighted by molar-refractivity contribution is 5.68. The predicted octanol–water partition coefficient (Wildman–Crippen LogP) is 3.59. The second-order valence-corrected chi connectivity index (χ2v) is 6.46. The van der Waals surface area contributed by atoms with Gasteiger partial charge in [-0.25, -0.2) is 0 Å². The van der Waals surface area contributed by atoms with Crippen molar-refractivity contribution in [2.45, 2.75) is 46.6 Å². The number of nitro benzene ring substituents is 1. The molecule has 0 heterocycles. The van der Waals surface area contributed by atoms with Crippen molar-refractivity contribution in [2.24, 2.45) is 5.41 Å². The Kier molecular flexibility index (Phi) is 5.29. The Balaban J connectivity index is 2.95. The lowest BCUT2D eigenvalue weighted by atomic mass is 9.87. The fraction of sp³-hybridized carbons (Fsp3) is 0.533. The molecule has 21 heavy (non-hydrogen) atoms. The van der Waals surface area contributed by atoms with Gasteiger partial charge in [-0.15, -0.1) is 0 Å². The molecule has 1 aromatic rings. The van der Waals surface area contributed by atoms with E-state index in [9.17, 15) is 14.9 Å². The van der Waals surface area contributed by atoms with Crippen molar-refractivity contribution in [3.63, 3.8) is 0 Å². The number of carboxylic acids is 1. The second-order valence-electron chi connectivity index (χ2n) is 6.46. The van der Waals surface area contributed by atoms with Gasteiger partial charge in [-0.1, -0.05) is 26.8 Å². The molecule has 0 aliphatic heterocycles. The van der Waals surface area contributed by atoms with E-state index in [1.807, 2.05) is 20.8 Å². The SMILES string of the molecule is Cc1ccc(NC(CC(=O)O)CC(C)(C)C)cc1[N+](=O)[O-]. The van der Waals surface area contributed by atoms with Gasteiger partial charge >= 0.3 is 5.97 Å². The van der Waals surface area contributed by atoms with E-state index in [0.717, 1.165) is 0 Å². The summed E-state index contributed by atoms with van der Waals surface area (Å²) in [6, 6.07) is 4.58. The van der Waals surface area contributed by atoms with Gasteiger partial charge in [0.2, 0.25) is 0 Å². The standard InChI is InChI=1S/C15H22N2O4/c1-10-5-6-11(7-13(10)17(20)21)16-12(8-14(18)19)9-15(2,3)4/h5-7,12,16H,8-9H2,1-4H3,(H,18,19). The Morgan fingerprint density at radius 3 is 2.52 bits per heavy atom. The minimum absolute atomic E-state index is 0.0288. The summed E-state index contributed by atoms with van der Waals surface area (Å²) >= 11 is 0. The number of anilines is 1. The molecule has 2 N–H and O–H groups in total. The Bertz CT molecular complexity index is 535. The molecule has 116 valence electrons. The third-order valence-corrected chi connectivity index (χ3v) is 3.06. The number of hydrogen-bond donors (Lipinski definition) is 2. The van der Waals surface area contributed by atoms with Gasteiger partial charge in [0.25, 0.3) is 5.69 Å². The molecule has 0 saturated carbocycles. The molecule has 6 heteroatoms. The predicted molar refractivity (Wildman–Crippen MR) is 81.6 cm³/mol. The second kappa shape index (κ2) is 6.56. The van der Waals surface area contributed by atoms with E-state index in [2.05, 4.69) is 5.32 Å². The average Bonchev–Trinajstić information content (AvgIpc) is 2.28. The van der Waals surface area contributed by atoms with Gasteiger partial charge in [0.1, 0.15) is 0 Å². The lowest BCUT2D eigenvalue weighted by Gasteiger charge is -2.26. The normalized spacial score (nSPS) is 12.8. The van der Waals surface area contributed by atoms with Crippen LogP contribution in [0.2, 0.25) is 0 Å². The zero-order chi connectivity index (χ0) is 16.2. The van der Waals surface area contributed by atoms with E-state index in [1.165, 1.54) is 6.07 Å². The first-order valence-electron chi connectivity index (χ1n) is 6.82. The van der Waals surface area contributed by atoms with Crippen LogP contribution in [-0.4, -0.2) is 22.0 Å². The Morgan fingerprint density at radius 1 is 1.43 bits per heavy atom. The highest BCUT2D eigenvalue weighted by atomic mass is 16.6. The number of carbonyl (C=O) groups is 1. The topological polar surface area (TPSA) is 92.5 Å². The molecule has 0 bridgehead atoms. The number of nitro groups is 1. The lowest BCUT2D eigenvalue weighted by Crippen LogP contribution is -2.28. The molecular formula is C15H22N2O4. The largest absolute Gasteiger partial charge is 0.481 e. The van der Waals surface area contributed by atoms with E-state index >= 15 is 0 Å². The third-order valence-electron chi connectivity index (χ3n) is 3.06. The summed E-state index contributed by atoms with van der Waals surface area (Å²) in [5.41, 5.74) is 1.15. The zero-order valence-electron chi connectivity index (χ0n) is 12.8. The van der Waals surface area contributed by atoms with E-state index in [-0.39, 0.29) is 23.6 Å². The van der Waals surface area contributed by atoms with Gasteiger partial charge in [0, 0.05) is 23.4 Å². The van der Waals surface area contributed by atoms with Crippen LogP contribution >= 0.6 is 0 Å². The van der Waals surface area contributed by atoms with Gasteiger partial charge < -0.3 is 10.4 Å². The van der Waals surface area contributed by atoms with Gasteiger partial charge in [0.05, 0.1) is 11.3 Å². The Morgan fingerprint density at radius 2 is 2.05 bits per heavy atom. The number of nitrogens with one attached hydrogen (secondary N) is 1. The molecule has 1 rings (SSSR count). The van der Waals surface area contributed by atoms with Crippen LogP contribution in [0.1, 0.15) is 39.2 Å². The molecule has 6 nitrogen and oxygen atoms in total. The van der Waals surface area contributed by atoms with Crippen molar-refractivity contribution in [1.29, 1.82) is 0 Å². The molecule has 0 amide bonds. The van der Waals surface area contributed by atoms with Gasteiger partial charge in [-0.05, 0) is 24.8 Å². The molecule has 0 aromatic heterocycles. The number of hydrogen-bond acceptors (Lipinski definition) is 4. The van der Waals surface area contributed by atoms with Crippen molar-refractivity contribution in [2.75, 3.05) is 5.32 Å². The number of benzene rings is 1. The van der Waals surface area contributed by atoms with Crippen molar-refractivity contribution in [3.05, 3.63) is 33.9 Å². The van der Waals surface area contributed by atoms with Crippen molar-refractivity contribution in [3.8, 4) is 0 Å². The van der Waals surface area contributed by atoms with E-state index < -0.39 is 10.9 Å². The van der Waals surface area contributed by atoms with Gasteiger partial charge in [0.15, 0.2) is 0 Å². The van der Waals surface area contributed by atoms with Gasteiger partial charge in [-0.3, -0.25) is 14.9 Å². The van der Waals surface area contributed by atoms with Crippen LogP contribution in [0.15, 0.2) is 18.2 Å². The molecule has 0 aliphatic carbocycles. The summed E-state index contributed by atoms with van der Waals surface area (Å²) in [6.45, 7) is 7.76. The first kappa shape index (κ1) is 16.9. The monoisotopic (exact) mass is 294 g/mol.